The van der Waals surface area contributed by atoms with Crippen molar-refractivity contribution in [3.8, 4) is 5.75 Å². The molecule has 0 spiro atoms. The van der Waals surface area contributed by atoms with Crippen LogP contribution in [-0.2, 0) is 9.63 Å². The van der Waals surface area contributed by atoms with Crippen molar-refractivity contribution in [1.82, 2.24) is 5.48 Å². The number of hydrogen-bond acceptors (Lipinski definition) is 3. The molecule has 0 saturated carbocycles. The minimum absolute atomic E-state index is 0.300. The Bertz CT molecular complexity index is 684. The number of benzene rings is 2. The lowest BCUT2D eigenvalue weighted by molar-refractivity contribution is -0.139. The fourth-order valence-corrected chi connectivity index (χ4v) is 2.08. The molecule has 126 valence electrons. The summed E-state index contributed by atoms with van der Waals surface area (Å²) in [5.41, 5.74) is 4.48. The number of halogens is 1. The summed E-state index contributed by atoms with van der Waals surface area (Å²) in [5.74, 6) is 0.222. The molecular formula is C19H20ClNO3. The summed E-state index contributed by atoms with van der Waals surface area (Å²) in [4.78, 5) is 17.2. The molecule has 0 heterocycles. The van der Waals surface area contributed by atoms with E-state index in [-0.39, 0.29) is 5.91 Å². The number of nitrogens with one attached hydrogen (secondary N) is 1. The Labute approximate surface area is 147 Å². The van der Waals surface area contributed by atoms with Crippen LogP contribution in [0.5, 0.6) is 5.75 Å². The van der Waals surface area contributed by atoms with Crippen molar-refractivity contribution in [2.75, 3.05) is 6.61 Å². The Morgan fingerprint density at radius 3 is 2.50 bits per heavy atom. The van der Waals surface area contributed by atoms with E-state index in [4.69, 9.17) is 21.2 Å². The van der Waals surface area contributed by atoms with Crippen molar-refractivity contribution >= 4 is 23.6 Å². The first-order valence-corrected chi connectivity index (χ1v) is 7.98. The van der Waals surface area contributed by atoms with E-state index in [9.17, 15) is 4.79 Å². The Kier molecular flexibility index (Phi) is 6.85. The molecule has 0 aliphatic rings. The van der Waals surface area contributed by atoms with Crippen LogP contribution >= 0.6 is 11.6 Å². The van der Waals surface area contributed by atoms with Gasteiger partial charge in [-0.15, -0.1) is 0 Å². The van der Waals surface area contributed by atoms with Gasteiger partial charge in [0.25, 0.3) is 5.91 Å². The monoisotopic (exact) mass is 345 g/mol. The third kappa shape index (κ3) is 6.07. The standard InChI is InChI=1S/C19H20ClNO3/c1-14(12-16-6-4-3-5-7-16)13-23-21-19(22)15(2)24-18-10-8-17(20)9-11-18/h3-12,15H,13H2,1-2H3,(H,21,22)/b14-12+/t15-/m0/s1. The predicted molar refractivity (Wildman–Crippen MR) is 95.7 cm³/mol. The second kappa shape index (κ2) is 9.11. The van der Waals surface area contributed by atoms with Gasteiger partial charge >= 0.3 is 0 Å². The molecule has 24 heavy (non-hydrogen) atoms. The zero-order valence-corrected chi connectivity index (χ0v) is 14.4. The molecular weight excluding hydrogens is 326 g/mol. The Balaban J connectivity index is 1.76. The van der Waals surface area contributed by atoms with E-state index in [2.05, 4.69) is 5.48 Å². The van der Waals surface area contributed by atoms with E-state index in [0.717, 1.165) is 11.1 Å². The maximum absolute atomic E-state index is 11.9. The fraction of sp³-hybridized carbons (Fsp3) is 0.211. The summed E-state index contributed by atoms with van der Waals surface area (Å²) in [6.45, 7) is 3.89. The van der Waals surface area contributed by atoms with Crippen LogP contribution in [0, 0.1) is 0 Å². The summed E-state index contributed by atoms with van der Waals surface area (Å²) < 4.78 is 5.52. The lowest BCUT2D eigenvalue weighted by Crippen LogP contribution is -2.36. The van der Waals surface area contributed by atoms with Gasteiger partial charge in [-0.05, 0) is 49.2 Å². The number of hydrogen-bond donors (Lipinski definition) is 1. The maximum atomic E-state index is 11.9. The summed E-state index contributed by atoms with van der Waals surface area (Å²) in [7, 11) is 0. The van der Waals surface area contributed by atoms with Crippen LogP contribution < -0.4 is 10.2 Å². The number of rotatable bonds is 7. The molecule has 1 N–H and O–H groups in total. The third-order valence-corrected chi connectivity index (χ3v) is 3.43. The maximum Gasteiger partial charge on any atom is 0.284 e. The van der Waals surface area contributed by atoms with Gasteiger partial charge in [0.15, 0.2) is 6.10 Å². The molecule has 1 atom stereocenters. The Morgan fingerprint density at radius 1 is 1.17 bits per heavy atom. The molecule has 0 bridgehead atoms. The minimum atomic E-state index is -0.676. The van der Waals surface area contributed by atoms with Gasteiger partial charge in [-0.1, -0.05) is 48.0 Å². The summed E-state index contributed by atoms with van der Waals surface area (Å²) in [5, 5.41) is 0.614. The van der Waals surface area contributed by atoms with Crippen LogP contribution in [0.15, 0.2) is 60.2 Å². The topological polar surface area (TPSA) is 47.6 Å². The Morgan fingerprint density at radius 2 is 1.83 bits per heavy atom. The molecule has 0 radical (unpaired) electrons. The van der Waals surface area contributed by atoms with Crippen molar-refractivity contribution < 1.29 is 14.4 Å². The van der Waals surface area contributed by atoms with Gasteiger partial charge in [0.1, 0.15) is 5.75 Å². The van der Waals surface area contributed by atoms with Crippen molar-refractivity contribution in [2.24, 2.45) is 0 Å². The van der Waals surface area contributed by atoms with E-state index in [1.807, 2.05) is 43.3 Å². The quantitative estimate of drug-likeness (QED) is 0.763. The number of ether oxygens (including phenoxy) is 1. The van der Waals surface area contributed by atoms with Gasteiger partial charge < -0.3 is 4.74 Å². The molecule has 0 aliphatic heterocycles. The molecule has 5 heteroatoms. The van der Waals surface area contributed by atoms with Gasteiger partial charge in [0.05, 0.1) is 6.61 Å². The molecule has 0 unspecified atom stereocenters. The van der Waals surface area contributed by atoms with E-state index in [1.165, 1.54) is 0 Å². The molecule has 2 aromatic carbocycles. The van der Waals surface area contributed by atoms with Crippen molar-refractivity contribution in [3.05, 3.63) is 70.8 Å². The van der Waals surface area contributed by atoms with Crippen molar-refractivity contribution in [2.45, 2.75) is 20.0 Å². The number of amides is 1. The van der Waals surface area contributed by atoms with Crippen LogP contribution in [0.1, 0.15) is 19.4 Å². The predicted octanol–water partition coefficient (Wildman–Crippen LogP) is 4.26. The summed E-state index contributed by atoms with van der Waals surface area (Å²) in [6, 6.07) is 16.7. The van der Waals surface area contributed by atoms with Crippen LogP contribution in [0.4, 0.5) is 0 Å². The smallest absolute Gasteiger partial charge is 0.284 e. The largest absolute Gasteiger partial charge is 0.481 e. The number of carbonyl (C=O) groups excluding carboxylic acids is 1. The molecule has 0 aliphatic carbocycles. The van der Waals surface area contributed by atoms with Gasteiger partial charge in [0.2, 0.25) is 0 Å². The first-order chi connectivity index (χ1) is 11.5. The average molecular weight is 346 g/mol. The highest BCUT2D eigenvalue weighted by atomic mass is 35.5. The zero-order chi connectivity index (χ0) is 17.4. The highest BCUT2D eigenvalue weighted by molar-refractivity contribution is 6.30. The second-order valence-corrected chi connectivity index (χ2v) is 5.81. The Hall–Kier alpha value is -2.30. The van der Waals surface area contributed by atoms with Crippen LogP contribution in [-0.4, -0.2) is 18.6 Å². The molecule has 2 aromatic rings. The minimum Gasteiger partial charge on any atom is -0.481 e. The van der Waals surface area contributed by atoms with E-state index < -0.39 is 6.10 Å². The summed E-state index contributed by atoms with van der Waals surface area (Å²) >= 11 is 5.81. The third-order valence-electron chi connectivity index (χ3n) is 3.18. The molecule has 4 nitrogen and oxygen atoms in total. The SMILES string of the molecule is C/C(=C\c1ccccc1)CONC(=O)[C@H](C)Oc1ccc(Cl)cc1. The highest BCUT2D eigenvalue weighted by Gasteiger charge is 2.14. The van der Waals surface area contributed by atoms with Gasteiger partial charge in [-0.3, -0.25) is 9.63 Å². The van der Waals surface area contributed by atoms with Crippen molar-refractivity contribution in [3.63, 3.8) is 0 Å². The van der Waals surface area contributed by atoms with E-state index in [1.54, 1.807) is 31.2 Å². The fourth-order valence-electron chi connectivity index (χ4n) is 1.95. The lowest BCUT2D eigenvalue weighted by atomic mass is 10.1. The molecule has 2 rings (SSSR count). The van der Waals surface area contributed by atoms with Crippen molar-refractivity contribution in [1.29, 1.82) is 0 Å². The first kappa shape index (κ1) is 18.0. The van der Waals surface area contributed by atoms with Crippen LogP contribution in [0.25, 0.3) is 6.08 Å². The molecule has 0 aromatic heterocycles. The van der Waals surface area contributed by atoms with Crippen LogP contribution in [0.2, 0.25) is 5.02 Å². The molecule has 0 fully saturated rings. The first-order valence-electron chi connectivity index (χ1n) is 7.60. The summed E-state index contributed by atoms with van der Waals surface area (Å²) in [6.07, 6.45) is 1.32. The van der Waals surface area contributed by atoms with E-state index in [0.29, 0.717) is 17.4 Å². The van der Waals surface area contributed by atoms with Gasteiger partial charge in [-0.25, -0.2) is 5.48 Å². The lowest BCUT2D eigenvalue weighted by Gasteiger charge is -2.14. The zero-order valence-electron chi connectivity index (χ0n) is 13.7. The average Bonchev–Trinajstić information content (AvgIpc) is 2.57. The normalized spacial score (nSPS) is 12.5. The van der Waals surface area contributed by atoms with Gasteiger partial charge in [-0.2, -0.15) is 0 Å². The molecule has 1 amide bonds. The van der Waals surface area contributed by atoms with Crippen LogP contribution in [0.3, 0.4) is 0 Å². The number of hydroxylamine groups is 1. The highest BCUT2D eigenvalue weighted by Crippen LogP contribution is 2.16. The van der Waals surface area contributed by atoms with Gasteiger partial charge in [0, 0.05) is 5.02 Å². The van der Waals surface area contributed by atoms with E-state index >= 15 is 0 Å². The second-order valence-electron chi connectivity index (χ2n) is 5.37. The molecule has 0 saturated heterocycles. The number of carbonyl (C=O) groups is 1.